The summed E-state index contributed by atoms with van der Waals surface area (Å²) in [7, 11) is 2.42. The largest absolute Gasteiger partial charge is 0.296 e. The van der Waals surface area contributed by atoms with Crippen molar-refractivity contribution in [3.05, 3.63) is 70.5 Å². The van der Waals surface area contributed by atoms with E-state index in [4.69, 9.17) is 0 Å². The fourth-order valence-electron chi connectivity index (χ4n) is 2.94. The Morgan fingerprint density at radius 2 is 1.61 bits per heavy atom. The molecule has 1 unspecified atom stereocenters. The van der Waals surface area contributed by atoms with Gasteiger partial charge in [0.2, 0.25) is 0 Å². The number of benzene rings is 2. The molecule has 0 spiro atoms. The second-order valence-electron chi connectivity index (χ2n) is 6.15. The molecule has 0 radical (unpaired) electrons. The lowest BCUT2D eigenvalue weighted by Gasteiger charge is -2.10. The number of unbranched alkanes of at least 4 members (excludes halogenated alkanes) is 3. The van der Waals surface area contributed by atoms with E-state index in [9.17, 15) is 4.39 Å². The van der Waals surface area contributed by atoms with Gasteiger partial charge in [0.15, 0.2) is 0 Å². The van der Waals surface area contributed by atoms with Crippen molar-refractivity contribution < 1.29 is 4.39 Å². The van der Waals surface area contributed by atoms with Gasteiger partial charge in [0.05, 0.1) is 0 Å². The van der Waals surface area contributed by atoms with Crippen LogP contribution in [-0.4, -0.2) is 0 Å². The van der Waals surface area contributed by atoms with Gasteiger partial charge in [-0.05, 0) is 55.4 Å². The van der Waals surface area contributed by atoms with Gasteiger partial charge in [-0.3, -0.25) is 5.09 Å². The summed E-state index contributed by atoms with van der Waals surface area (Å²) in [5.74, 6) is -0.0929. The predicted octanol–water partition coefficient (Wildman–Crippen LogP) is 5.36. The molecule has 0 bridgehead atoms. The van der Waals surface area contributed by atoms with E-state index in [1.165, 1.54) is 30.4 Å². The van der Waals surface area contributed by atoms with Gasteiger partial charge in [0.1, 0.15) is 5.82 Å². The molecule has 2 rings (SSSR count). The van der Waals surface area contributed by atoms with Gasteiger partial charge in [-0.25, -0.2) is 4.39 Å². The Morgan fingerprint density at radius 1 is 0.913 bits per heavy atom. The number of hydrogen-bond acceptors (Lipinski definition) is 1. The Kier molecular flexibility index (Phi) is 7.71. The first-order valence-electron chi connectivity index (χ1n) is 8.46. The third-order valence-corrected chi connectivity index (χ3v) is 4.51. The summed E-state index contributed by atoms with van der Waals surface area (Å²) in [6.45, 7) is 2.63. The Bertz CT molecular complexity index is 598. The van der Waals surface area contributed by atoms with Crippen LogP contribution in [0.5, 0.6) is 0 Å². The molecule has 0 aliphatic rings. The van der Waals surface area contributed by atoms with Crippen molar-refractivity contribution in [1.82, 2.24) is 5.09 Å². The summed E-state index contributed by atoms with van der Waals surface area (Å²) < 4.78 is 14.0. The number of rotatable bonds is 9. The molecule has 0 aliphatic heterocycles. The van der Waals surface area contributed by atoms with Gasteiger partial charge in [-0.1, -0.05) is 58.6 Å². The maximum atomic E-state index is 14.0. The number of aryl methyl sites for hydroxylation is 3. The molecule has 0 fully saturated rings. The lowest BCUT2D eigenvalue weighted by atomic mass is 9.98. The summed E-state index contributed by atoms with van der Waals surface area (Å²) >= 11 is 0. The van der Waals surface area contributed by atoms with E-state index in [-0.39, 0.29) is 5.82 Å². The number of nitrogens with one attached hydrogen (secondary N) is 1. The van der Waals surface area contributed by atoms with Crippen LogP contribution in [-0.2, 0) is 19.4 Å². The minimum Gasteiger partial charge on any atom is -0.296 e. The quantitative estimate of drug-likeness (QED) is 0.482. The van der Waals surface area contributed by atoms with E-state index in [0.717, 1.165) is 30.4 Å². The van der Waals surface area contributed by atoms with Crippen LogP contribution >= 0.6 is 9.39 Å². The van der Waals surface area contributed by atoms with E-state index >= 15 is 0 Å². The molecule has 0 amide bonds. The minimum absolute atomic E-state index is 0.0929. The SMILES string of the molecule is Cc1cc(CNP)c(F)cc1CCCCCCc1ccccc1. The molecule has 2 aromatic carbocycles. The third-order valence-electron chi connectivity index (χ3n) is 4.30. The summed E-state index contributed by atoms with van der Waals surface area (Å²) in [4.78, 5) is 0. The zero-order chi connectivity index (χ0) is 16.5. The van der Waals surface area contributed by atoms with Gasteiger partial charge in [-0.15, -0.1) is 0 Å². The highest BCUT2D eigenvalue weighted by molar-refractivity contribution is 7.13. The molecule has 1 atom stereocenters. The van der Waals surface area contributed by atoms with Crippen molar-refractivity contribution in [3.8, 4) is 0 Å². The van der Waals surface area contributed by atoms with Crippen LogP contribution in [0.2, 0.25) is 0 Å². The van der Waals surface area contributed by atoms with Crippen LogP contribution in [0.3, 0.4) is 0 Å². The molecule has 23 heavy (non-hydrogen) atoms. The molecule has 3 heteroatoms. The second kappa shape index (κ2) is 9.80. The smallest absolute Gasteiger partial charge is 0.127 e. The topological polar surface area (TPSA) is 12.0 Å². The first-order valence-corrected chi connectivity index (χ1v) is 9.03. The lowest BCUT2D eigenvalue weighted by Crippen LogP contribution is -2.03. The van der Waals surface area contributed by atoms with E-state index in [2.05, 4.69) is 51.7 Å². The molecular formula is C20H27FNP. The molecule has 124 valence electrons. The van der Waals surface area contributed by atoms with Gasteiger partial charge >= 0.3 is 0 Å². The van der Waals surface area contributed by atoms with Crippen molar-refractivity contribution in [3.63, 3.8) is 0 Å². The average molecular weight is 331 g/mol. The van der Waals surface area contributed by atoms with Gasteiger partial charge in [0.25, 0.3) is 0 Å². The highest BCUT2D eigenvalue weighted by Crippen LogP contribution is 2.18. The van der Waals surface area contributed by atoms with Crippen LogP contribution in [0.25, 0.3) is 0 Å². The van der Waals surface area contributed by atoms with Crippen molar-refractivity contribution in [2.45, 2.75) is 52.0 Å². The van der Waals surface area contributed by atoms with Gasteiger partial charge in [0, 0.05) is 12.1 Å². The van der Waals surface area contributed by atoms with Crippen LogP contribution in [0, 0.1) is 12.7 Å². The third kappa shape index (κ3) is 6.05. The molecule has 2 aromatic rings. The van der Waals surface area contributed by atoms with Gasteiger partial charge in [-0.2, -0.15) is 0 Å². The highest BCUT2D eigenvalue weighted by atomic mass is 31.0. The van der Waals surface area contributed by atoms with Crippen molar-refractivity contribution >= 4 is 9.39 Å². The van der Waals surface area contributed by atoms with E-state index < -0.39 is 0 Å². The average Bonchev–Trinajstić information content (AvgIpc) is 2.56. The van der Waals surface area contributed by atoms with Crippen molar-refractivity contribution in [2.24, 2.45) is 0 Å². The maximum absolute atomic E-state index is 14.0. The molecule has 1 nitrogen and oxygen atoms in total. The first kappa shape index (κ1) is 18.1. The standard InChI is InChI=1S/C20H27FNP/c1-16-13-19(15-22-23)20(21)14-18(16)12-8-3-2-5-9-17-10-6-4-7-11-17/h4,6-7,10-11,13-14,22H,2-3,5,8-9,12,15,23H2,1H3. The molecule has 0 aliphatic carbocycles. The molecule has 0 saturated carbocycles. The first-order chi connectivity index (χ1) is 11.2. The molecule has 0 heterocycles. The van der Waals surface area contributed by atoms with Crippen LogP contribution in [0.4, 0.5) is 4.39 Å². The Labute approximate surface area is 142 Å². The minimum atomic E-state index is -0.0929. The lowest BCUT2D eigenvalue weighted by molar-refractivity contribution is 0.600. The van der Waals surface area contributed by atoms with Crippen LogP contribution < -0.4 is 5.09 Å². The fourth-order valence-corrected chi connectivity index (χ4v) is 3.16. The Balaban J connectivity index is 1.71. The second-order valence-corrected chi connectivity index (χ2v) is 6.56. The molecule has 0 saturated heterocycles. The zero-order valence-electron chi connectivity index (χ0n) is 13.9. The van der Waals surface area contributed by atoms with Crippen LogP contribution in [0.15, 0.2) is 42.5 Å². The van der Waals surface area contributed by atoms with Gasteiger partial charge < -0.3 is 0 Å². The fraction of sp³-hybridized carbons (Fsp3) is 0.400. The summed E-state index contributed by atoms with van der Waals surface area (Å²) in [6.07, 6.45) is 6.95. The van der Waals surface area contributed by atoms with Crippen LogP contribution in [0.1, 0.15) is 47.9 Å². The normalized spacial score (nSPS) is 10.9. The zero-order valence-corrected chi connectivity index (χ0v) is 15.1. The summed E-state index contributed by atoms with van der Waals surface area (Å²) in [5.41, 5.74) is 4.51. The molecule has 1 N–H and O–H groups in total. The number of halogens is 1. The van der Waals surface area contributed by atoms with E-state index in [0.29, 0.717) is 6.54 Å². The summed E-state index contributed by atoms with van der Waals surface area (Å²) in [6, 6.07) is 14.3. The molecule has 0 aromatic heterocycles. The summed E-state index contributed by atoms with van der Waals surface area (Å²) in [5, 5.41) is 2.93. The monoisotopic (exact) mass is 331 g/mol. The Hall–Kier alpha value is -1.24. The van der Waals surface area contributed by atoms with E-state index in [1.807, 2.05) is 6.07 Å². The maximum Gasteiger partial charge on any atom is 0.127 e. The number of hydrogen-bond donors (Lipinski definition) is 1. The van der Waals surface area contributed by atoms with E-state index in [1.54, 1.807) is 6.07 Å². The predicted molar refractivity (Wildman–Crippen MR) is 100 cm³/mol. The Morgan fingerprint density at radius 3 is 2.30 bits per heavy atom. The van der Waals surface area contributed by atoms with Crippen molar-refractivity contribution in [2.75, 3.05) is 0 Å². The molecular weight excluding hydrogens is 304 g/mol. The highest BCUT2D eigenvalue weighted by Gasteiger charge is 2.06. The van der Waals surface area contributed by atoms with Crippen molar-refractivity contribution in [1.29, 1.82) is 0 Å².